The van der Waals surface area contributed by atoms with Crippen molar-refractivity contribution in [3.05, 3.63) is 46.5 Å². The highest BCUT2D eigenvalue weighted by Gasteiger charge is 2.56. The van der Waals surface area contributed by atoms with Crippen LogP contribution in [0.4, 0.5) is 0 Å². The minimum Gasteiger partial charge on any atom is -0.462 e. The second-order valence-corrected chi connectivity index (χ2v) is 6.68. The van der Waals surface area contributed by atoms with Crippen LogP contribution in [0.5, 0.6) is 0 Å². The monoisotopic (exact) mass is 292 g/mol. The van der Waals surface area contributed by atoms with E-state index in [-0.39, 0.29) is 11.4 Å². The fraction of sp³-hybridized carbons (Fsp3) is 0.471. The molecule has 2 rings (SSSR count). The molecule has 0 radical (unpaired) electrons. The van der Waals surface area contributed by atoms with Crippen LogP contribution in [0.15, 0.2) is 35.9 Å². The third-order valence-corrected chi connectivity index (χ3v) is 4.47. The Morgan fingerprint density at radius 3 is 2.60 bits per heavy atom. The minimum absolute atomic E-state index is 0.206. The topological polar surface area (TPSA) is 26.3 Å². The molecule has 1 saturated carbocycles. The first kappa shape index (κ1) is 15.1. The van der Waals surface area contributed by atoms with E-state index in [1.54, 1.807) is 24.3 Å². The fourth-order valence-corrected chi connectivity index (χ4v) is 2.88. The third-order valence-electron chi connectivity index (χ3n) is 4.14. The van der Waals surface area contributed by atoms with Crippen molar-refractivity contribution in [3.63, 3.8) is 0 Å². The average Bonchev–Trinajstić information content (AvgIpc) is 2.87. The van der Waals surface area contributed by atoms with Gasteiger partial charge in [-0.2, -0.15) is 0 Å². The molecular formula is C17H21ClO2. The number of allylic oxidation sites excluding steroid dienone is 2. The molecule has 0 N–H and O–H groups in total. The Morgan fingerprint density at radius 2 is 2.00 bits per heavy atom. The summed E-state index contributed by atoms with van der Waals surface area (Å²) >= 11 is 5.99. The molecule has 0 bridgehead atoms. The summed E-state index contributed by atoms with van der Waals surface area (Å²) in [7, 11) is 0. The van der Waals surface area contributed by atoms with Crippen molar-refractivity contribution in [2.45, 2.75) is 27.7 Å². The van der Waals surface area contributed by atoms with E-state index >= 15 is 0 Å². The normalized spacial score (nSPS) is 23.1. The number of carbonyl (C=O) groups is 1. The number of benzene rings is 1. The lowest BCUT2D eigenvalue weighted by Gasteiger charge is -2.06. The Bertz CT molecular complexity index is 542. The highest BCUT2D eigenvalue weighted by Crippen LogP contribution is 2.59. The number of ether oxygens (including phenoxy) is 1. The van der Waals surface area contributed by atoms with Gasteiger partial charge in [0.1, 0.15) is 0 Å². The van der Waals surface area contributed by atoms with Crippen LogP contribution in [-0.2, 0) is 4.74 Å². The molecule has 0 aliphatic heterocycles. The molecule has 0 saturated heterocycles. The molecule has 1 aliphatic carbocycles. The molecule has 0 aromatic heterocycles. The fourth-order valence-electron chi connectivity index (χ4n) is 2.66. The lowest BCUT2D eigenvalue weighted by atomic mass is 10.1. The maximum Gasteiger partial charge on any atom is 0.339 e. The summed E-state index contributed by atoms with van der Waals surface area (Å²) in [5.74, 6) is 0.546. The van der Waals surface area contributed by atoms with Gasteiger partial charge in [-0.15, -0.1) is 0 Å². The van der Waals surface area contributed by atoms with Crippen LogP contribution in [0, 0.1) is 17.3 Å². The highest BCUT2D eigenvalue weighted by molar-refractivity contribution is 6.33. The van der Waals surface area contributed by atoms with Crippen molar-refractivity contribution in [1.29, 1.82) is 0 Å². The number of halogens is 1. The van der Waals surface area contributed by atoms with Crippen LogP contribution in [0.25, 0.3) is 0 Å². The number of esters is 1. The molecule has 2 atom stereocenters. The van der Waals surface area contributed by atoms with E-state index in [9.17, 15) is 4.79 Å². The van der Waals surface area contributed by atoms with Gasteiger partial charge >= 0.3 is 5.97 Å². The van der Waals surface area contributed by atoms with Crippen molar-refractivity contribution < 1.29 is 9.53 Å². The number of hydrogen-bond donors (Lipinski definition) is 0. The van der Waals surface area contributed by atoms with E-state index < -0.39 is 0 Å². The first-order valence-electron chi connectivity index (χ1n) is 6.90. The summed E-state index contributed by atoms with van der Waals surface area (Å²) in [6.45, 7) is 9.07. The van der Waals surface area contributed by atoms with Gasteiger partial charge in [0.15, 0.2) is 0 Å². The van der Waals surface area contributed by atoms with Gasteiger partial charge in [0.05, 0.1) is 17.2 Å². The second kappa shape index (κ2) is 5.61. The van der Waals surface area contributed by atoms with Crippen LogP contribution in [-0.4, -0.2) is 12.6 Å². The Hall–Kier alpha value is -1.28. The molecule has 3 heteroatoms. The van der Waals surface area contributed by atoms with Gasteiger partial charge in [0.25, 0.3) is 0 Å². The molecule has 0 unspecified atom stereocenters. The zero-order valence-electron chi connectivity index (χ0n) is 12.4. The van der Waals surface area contributed by atoms with Crippen LogP contribution >= 0.6 is 11.6 Å². The molecule has 1 aromatic carbocycles. The van der Waals surface area contributed by atoms with Gasteiger partial charge in [-0.25, -0.2) is 4.79 Å². The van der Waals surface area contributed by atoms with Crippen LogP contribution < -0.4 is 0 Å². The van der Waals surface area contributed by atoms with Crippen molar-refractivity contribution in [1.82, 2.24) is 0 Å². The standard InChI is InChI=1S/C17H21ClO2/c1-11(2)9-13-14(17(13,3)4)10-20-16(19)12-7-5-6-8-15(12)18/h5-9,13-14H,10H2,1-4H3/t13-,14-/m0/s1. The molecule has 0 heterocycles. The smallest absolute Gasteiger partial charge is 0.339 e. The molecule has 0 amide bonds. The molecule has 1 aliphatic rings. The summed E-state index contributed by atoms with van der Waals surface area (Å²) in [4.78, 5) is 12.0. The molecule has 108 valence electrons. The van der Waals surface area contributed by atoms with Gasteiger partial charge in [-0.1, -0.05) is 49.2 Å². The van der Waals surface area contributed by atoms with Crippen molar-refractivity contribution in [2.24, 2.45) is 17.3 Å². The van der Waals surface area contributed by atoms with Crippen molar-refractivity contribution in [2.75, 3.05) is 6.61 Å². The zero-order valence-corrected chi connectivity index (χ0v) is 13.2. The Balaban J connectivity index is 1.96. The number of carbonyl (C=O) groups excluding carboxylic acids is 1. The van der Waals surface area contributed by atoms with Gasteiger partial charge in [0.2, 0.25) is 0 Å². The predicted molar refractivity (Wildman–Crippen MR) is 81.9 cm³/mol. The average molecular weight is 293 g/mol. The van der Waals surface area contributed by atoms with Crippen molar-refractivity contribution >= 4 is 17.6 Å². The summed E-state index contributed by atoms with van der Waals surface area (Å²) in [5.41, 5.74) is 1.95. The highest BCUT2D eigenvalue weighted by atomic mass is 35.5. The van der Waals surface area contributed by atoms with Gasteiger partial charge < -0.3 is 4.74 Å². The number of rotatable bonds is 4. The van der Waals surface area contributed by atoms with E-state index in [2.05, 4.69) is 33.8 Å². The van der Waals surface area contributed by atoms with Crippen molar-refractivity contribution in [3.8, 4) is 0 Å². The largest absolute Gasteiger partial charge is 0.462 e. The van der Waals surface area contributed by atoms with Gasteiger partial charge in [0, 0.05) is 5.92 Å². The minimum atomic E-state index is -0.339. The van der Waals surface area contributed by atoms with Gasteiger partial charge in [-0.3, -0.25) is 0 Å². The zero-order chi connectivity index (χ0) is 14.9. The van der Waals surface area contributed by atoms with E-state index in [4.69, 9.17) is 16.3 Å². The molecular weight excluding hydrogens is 272 g/mol. The first-order valence-corrected chi connectivity index (χ1v) is 7.28. The van der Waals surface area contributed by atoms with E-state index in [1.807, 2.05) is 0 Å². The lowest BCUT2D eigenvalue weighted by Crippen LogP contribution is -2.10. The maximum absolute atomic E-state index is 12.0. The van der Waals surface area contributed by atoms with Crippen LogP contribution in [0.2, 0.25) is 5.02 Å². The van der Waals surface area contributed by atoms with E-state index in [0.29, 0.717) is 29.0 Å². The summed E-state index contributed by atoms with van der Waals surface area (Å²) in [6.07, 6.45) is 2.27. The second-order valence-electron chi connectivity index (χ2n) is 6.28. The quantitative estimate of drug-likeness (QED) is 0.592. The lowest BCUT2D eigenvalue weighted by molar-refractivity contribution is 0.0471. The molecule has 2 nitrogen and oxygen atoms in total. The van der Waals surface area contributed by atoms with E-state index in [0.717, 1.165) is 0 Å². The number of hydrogen-bond acceptors (Lipinski definition) is 2. The Labute approximate surface area is 125 Å². The molecule has 0 spiro atoms. The first-order chi connectivity index (χ1) is 9.34. The molecule has 20 heavy (non-hydrogen) atoms. The van der Waals surface area contributed by atoms with Gasteiger partial charge in [-0.05, 0) is 37.3 Å². The SMILES string of the molecule is CC(C)=C[C@H]1[C@H](COC(=O)c2ccccc2Cl)C1(C)C. The summed E-state index contributed by atoms with van der Waals surface area (Å²) in [5, 5.41) is 0.438. The van der Waals surface area contributed by atoms with Crippen LogP contribution in [0.1, 0.15) is 38.1 Å². The Kier molecular flexibility index (Phi) is 4.24. The summed E-state index contributed by atoms with van der Waals surface area (Å²) in [6, 6.07) is 6.98. The summed E-state index contributed by atoms with van der Waals surface area (Å²) < 4.78 is 5.43. The maximum atomic E-state index is 12.0. The Morgan fingerprint density at radius 1 is 1.35 bits per heavy atom. The van der Waals surface area contributed by atoms with Crippen LogP contribution in [0.3, 0.4) is 0 Å². The molecule has 1 fully saturated rings. The predicted octanol–water partition coefficient (Wildman–Crippen LogP) is 4.74. The van der Waals surface area contributed by atoms with E-state index in [1.165, 1.54) is 5.57 Å². The molecule has 1 aromatic rings. The third kappa shape index (κ3) is 3.06.